The summed E-state index contributed by atoms with van der Waals surface area (Å²) in [6.45, 7) is 2.78. The molecule has 0 spiro atoms. The molecule has 0 saturated heterocycles. The van der Waals surface area contributed by atoms with Crippen molar-refractivity contribution in [1.82, 2.24) is 0 Å². The normalized spacial score (nSPS) is 10.2. The monoisotopic (exact) mass is 363 g/mol. The zero-order chi connectivity index (χ0) is 18.2. The number of hydrogen-bond acceptors (Lipinski definition) is 4. The summed E-state index contributed by atoms with van der Waals surface area (Å²) in [7, 11) is 3.03. The van der Waals surface area contributed by atoms with Gasteiger partial charge in [0.05, 0.1) is 31.5 Å². The highest BCUT2D eigenvalue weighted by Crippen LogP contribution is 2.36. The summed E-state index contributed by atoms with van der Waals surface area (Å²) in [5, 5.41) is 3.18. The van der Waals surface area contributed by atoms with E-state index in [4.69, 9.17) is 25.8 Å². The predicted molar refractivity (Wildman–Crippen MR) is 99.4 cm³/mol. The Labute approximate surface area is 152 Å². The summed E-state index contributed by atoms with van der Waals surface area (Å²) < 4.78 is 16.0. The lowest BCUT2D eigenvalue weighted by molar-refractivity contribution is 0.102. The first-order valence-electron chi connectivity index (χ1n) is 8.04. The first-order chi connectivity index (χ1) is 12.1. The number of anilines is 1. The van der Waals surface area contributed by atoms with Crippen LogP contribution in [0.2, 0.25) is 5.02 Å². The zero-order valence-electron chi connectivity index (χ0n) is 14.6. The van der Waals surface area contributed by atoms with Gasteiger partial charge in [-0.1, -0.05) is 24.9 Å². The van der Waals surface area contributed by atoms with E-state index in [-0.39, 0.29) is 5.91 Å². The van der Waals surface area contributed by atoms with Crippen LogP contribution in [0.25, 0.3) is 0 Å². The van der Waals surface area contributed by atoms with Crippen molar-refractivity contribution in [3.05, 3.63) is 47.0 Å². The molecule has 0 unspecified atom stereocenters. The van der Waals surface area contributed by atoms with Crippen molar-refractivity contribution in [2.24, 2.45) is 0 Å². The molecule has 0 bridgehead atoms. The lowest BCUT2D eigenvalue weighted by Crippen LogP contribution is -2.12. The Morgan fingerprint density at radius 2 is 1.76 bits per heavy atom. The topological polar surface area (TPSA) is 56.8 Å². The summed E-state index contributed by atoms with van der Waals surface area (Å²) in [6.07, 6.45) is 2.08. The Bertz CT molecular complexity index is 716. The molecule has 1 amide bonds. The van der Waals surface area contributed by atoms with Crippen LogP contribution in [0.5, 0.6) is 17.2 Å². The lowest BCUT2D eigenvalue weighted by atomic mass is 10.2. The van der Waals surface area contributed by atoms with E-state index in [1.165, 1.54) is 14.2 Å². The van der Waals surface area contributed by atoms with Crippen LogP contribution in [-0.2, 0) is 0 Å². The van der Waals surface area contributed by atoms with E-state index in [1.54, 1.807) is 36.4 Å². The molecule has 2 aromatic rings. The quantitative estimate of drug-likeness (QED) is 0.685. The van der Waals surface area contributed by atoms with E-state index in [1.807, 2.05) is 0 Å². The second kappa shape index (κ2) is 9.18. The Balaban J connectivity index is 2.10. The molecule has 0 aliphatic rings. The fourth-order valence-electron chi connectivity index (χ4n) is 2.19. The van der Waals surface area contributed by atoms with E-state index in [0.717, 1.165) is 18.6 Å². The van der Waals surface area contributed by atoms with Gasteiger partial charge < -0.3 is 19.5 Å². The molecule has 0 aliphatic carbocycles. The molecule has 25 heavy (non-hydrogen) atoms. The Morgan fingerprint density at radius 3 is 2.36 bits per heavy atom. The van der Waals surface area contributed by atoms with E-state index < -0.39 is 0 Å². The van der Waals surface area contributed by atoms with E-state index in [2.05, 4.69) is 12.2 Å². The Hall–Kier alpha value is -2.40. The smallest absolute Gasteiger partial charge is 0.255 e. The molecule has 6 heteroatoms. The predicted octanol–water partition coefficient (Wildman–Crippen LogP) is 4.79. The molecule has 0 aliphatic heterocycles. The number of nitrogens with one attached hydrogen (secondary N) is 1. The minimum Gasteiger partial charge on any atom is -0.495 e. The van der Waals surface area contributed by atoms with E-state index in [0.29, 0.717) is 34.4 Å². The van der Waals surface area contributed by atoms with Crippen LogP contribution in [0.4, 0.5) is 5.69 Å². The molecule has 0 atom stereocenters. The van der Waals surface area contributed by atoms with Crippen molar-refractivity contribution < 1.29 is 19.0 Å². The number of rotatable bonds is 8. The molecule has 0 aromatic heterocycles. The summed E-state index contributed by atoms with van der Waals surface area (Å²) in [4.78, 5) is 12.4. The number of methoxy groups -OCH3 is 2. The number of carbonyl (C=O) groups is 1. The third-order valence-corrected chi connectivity index (χ3v) is 3.90. The summed E-state index contributed by atoms with van der Waals surface area (Å²) in [6, 6.07) is 10.2. The van der Waals surface area contributed by atoms with Crippen molar-refractivity contribution >= 4 is 23.2 Å². The number of halogens is 1. The van der Waals surface area contributed by atoms with Crippen molar-refractivity contribution in [1.29, 1.82) is 0 Å². The van der Waals surface area contributed by atoms with Gasteiger partial charge in [-0.2, -0.15) is 0 Å². The van der Waals surface area contributed by atoms with Crippen LogP contribution in [0.1, 0.15) is 30.1 Å². The van der Waals surface area contributed by atoms with Crippen molar-refractivity contribution in [2.75, 3.05) is 26.1 Å². The summed E-state index contributed by atoms with van der Waals surface area (Å²) >= 11 is 6.12. The average Bonchev–Trinajstić information content (AvgIpc) is 2.62. The van der Waals surface area contributed by atoms with E-state index >= 15 is 0 Å². The van der Waals surface area contributed by atoms with Crippen LogP contribution < -0.4 is 19.5 Å². The standard InChI is InChI=1S/C19H22ClNO4/c1-4-5-10-25-14-8-6-13(7-9-14)19(22)21-16-11-15(20)17(23-2)12-18(16)24-3/h6-9,11-12H,4-5,10H2,1-3H3,(H,21,22). The molecular formula is C19H22ClNO4. The van der Waals surface area contributed by atoms with Gasteiger partial charge >= 0.3 is 0 Å². The average molecular weight is 364 g/mol. The highest BCUT2D eigenvalue weighted by Gasteiger charge is 2.13. The third-order valence-electron chi connectivity index (χ3n) is 3.61. The lowest BCUT2D eigenvalue weighted by Gasteiger charge is -2.13. The molecule has 0 heterocycles. The van der Waals surface area contributed by atoms with Gasteiger partial charge in [-0.05, 0) is 36.8 Å². The SMILES string of the molecule is CCCCOc1ccc(C(=O)Nc2cc(Cl)c(OC)cc2OC)cc1. The fraction of sp³-hybridized carbons (Fsp3) is 0.316. The fourth-order valence-corrected chi connectivity index (χ4v) is 2.43. The van der Waals surface area contributed by atoms with Gasteiger partial charge in [0.2, 0.25) is 0 Å². The minimum atomic E-state index is -0.264. The highest BCUT2D eigenvalue weighted by atomic mass is 35.5. The second-order valence-corrected chi connectivity index (χ2v) is 5.77. The molecular weight excluding hydrogens is 342 g/mol. The highest BCUT2D eigenvalue weighted by molar-refractivity contribution is 6.32. The van der Waals surface area contributed by atoms with Crippen LogP contribution in [-0.4, -0.2) is 26.7 Å². The molecule has 0 radical (unpaired) electrons. The first kappa shape index (κ1) is 18.9. The van der Waals surface area contributed by atoms with Gasteiger partial charge in [0.15, 0.2) is 0 Å². The molecule has 1 N–H and O–H groups in total. The Kier molecular flexibility index (Phi) is 6.95. The molecule has 5 nitrogen and oxygen atoms in total. The van der Waals surface area contributed by atoms with Gasteiger partial charge in [0, 0.05) is 11.6 Å². The van der Waals surface area contributed by atoms with E-state index in [9.17, 15) is 4.79 Å². The Morgan fingerprint density at radius 1 is 1.08 bits per heavy atom. The molecule has 0 saturated carbocycles. The van der Waals surface area contributed by atoms with Crippen molar-refractivity contribution in [3.8, 4) is 17.2 Å². The van der Waals surface area contributed by atoms with Crippen molar-refractivity contribution in [2.45, 2.75) is 19.8 Å². The molecule has 2 rings (SSSR count). The maximum Gasteiger partial charge on any atom is 0.255 e. The largest absolute Gasteiger partial charge is 0.495 e. The van der Waals surface area contributed by atoms with Crippen LogP contribution in [0.3, 0.4) is 0 Å². The number of carbonyl (C=O) groups excluding carboxylic acids is 1. The number of hydrogen-bond donors (Lipinski definition) is 1. The molecule has 134 valence electrons. The molecule has 0 fully saturated rings. The van der Waals surface area contributed by atoms with Gasteiger partial charge in [-0.25, -0.2) is 0 Å². The van der Waals surface area contributed by atoms with Crippen LogP contribution in [0.15, 0.2) is 36.4 Å². The number of amides is 1. The summed E-state index contributed by atoms with van der Waals surface area (Å²) in [5.41, 5.74) is 0.985. The second-order valence-electron chi connectivity index (χ2n) is 5.37. The number of ether oxygens (including phenoxy) is 3. The maximum atomic E-state index is 12.4. The van der Waals surface area contributed by atoms with Gasteiger partial charge in [0.1, 0.15) is 17.2 Å². The van der Waals surface area contributed by atoms with Crippen LogP contribution >= 0.6 is 11.6 Å². The summed E-state index contributed by atoms with van der Waals surface area (Å²) in [5.74, 6) is 1.42. The minimum absolute atomic E-state index is 0.264. The number of unbranched alkanes of at least 4 members (excludes halogenated alkanes) is 1. The first-order valence-corrected chi connectivity index (χ1v) is 8.42. The van der Waals surface area contributed by atoms with Crippen LogP contribution in [0, 0.1) is 0 Å². The maximum absolute atomic E-state index is 12.4. The third kappa shape index (κ3) is 5.03. The zero-order valence-corrected chi connectivity index (χ0v) is 15.4. The number of benzene rings is 2. The van der Waals surface area contributed by atoms with Gasteiger partial charge in [0.25, 0.3) is 5.91 Å². The molecule has 2 aromatic carbocycles. The van der Waals surface area contributed by atoms with Gasteiger partial charge in [-0.15, -0.1) is 0 Å². The van der Waals surface area contributed by atoms with Gasteiger partial charge in [-0.3, -0.25) is 4.79 Å². The van der Waals surface area contributed by atoms with Crippen molar-refractivity contribution in [3.63, 3.8) is 0 Å².